The third kappa shape index (κ3) is 1.92. The summed E-state index contributed by atoms with van der Waals surface area (Å²) in [6, 6.07) is 4.14. The molecular formula is C12H17N. The van der Waals surface area contributed by atoms with Crippen LogP contribution in [0.25, 0.3) is 5.57 Å². The Morgan fingerprint density at radius 2 is 1.92 bits per heavy atom. The first kappa shape index (κ1) is 9.85. The molecule has 1 heteroatoms. The smallest absolute Gasteiger partial charge is 0.0346 e. The summed E-state index contributed by atoms with van der Waals surface area (Å²) < 4.78 is 0. The van der Waals surface area contributed by atoms with Crippen molar-refractivity contribution >= 4 is 11.3 Å². The third-order valence-corrected chi connectivity index (χ3v) is 2.42. The molecule has 0 radical (unpaired) electrons. The van der Waals surface area contributed by atoms with Crippen molar-refractivity contribution in [3.63, 3.8) is 0 Å². The summed E-state index contributed by atoms with van der Waals surface area (Å²) in [5, 5.41) is 0. The van der Waals surface area contributed by atoms with Gasteiger partial charge in [0.15, 0.2) is 0 Å². The fraction of sp³-hybridized carbons (Fsp3) is 0.333. The molecule has 0 aliphatic rings. The van der Waals surface area contributed by atoms with Gasteiger partial charge in [0.05, 0.1) is 0 Å². The van der Waals surface area contributed by atoms with Crippen molar-refractivity contribution in [1.82, 2.24) is 0 Å². The Bertz CT molecular complexity index is 337. The number of allylic oxidation sites excluding steroid dienone is 1. The second kappa shape index (κ2) is 3.65. The minimum Gasteiger partial charge on any atom is -0.399 e. The molecule has 0 aliphatic carbocycles. The molecule has 0 amide bonds. The van der Waals surface area contributed by atoms with Crippen LogP contribution in [0.1, 0.15) is 30.0 Å². The van der Waals surface area contributed by atoms with Crippen LogP contribution in [0.15, 0.2) is 18.7 Å². The number of nitrogens with two attached hydrogens (primary N) is 1. The topological polar surface area (TPSA) is 26.0 Å². The average Bonchev–Trinajstić information content (AvgIpc) is 2.10. The molecule has 0 saturated heterocycles. The molecule has 0 atom stereocenters. The number of aryl methyl sites for hydroxylation is 2. The fourth-order valence-corrected chi connectivity index (χ4v) is 1.41. The zero-order valence-corrected chi connectivity index (χ0v) is 8.65. The van der Waals surface area contributed by atoms with Gasteiger partial charge in [0.25, 0.3) is 0 Å². The van der Waals surface area contributed by atoms with Gasteiger partial charge >= 0.3 is 0 Å². The molecule has 0 aromatic heterocycles. The van der Waals surface area contributed by atoms with Crippen LogP contribution in [0, 0.1) is 13.8 Å². The number of hydrogen-bond acceptors (Lipinski definition) is 1. The Hall–Kier alpha value is -1.24. The Balaban J connectivity index is 3.23. The molecule has 2 N–H and O–H groups in total. The molecular weight excluding hydrogens is 158 g/mol. The lowest BCUT2D eigenvalue weighted by molar-refractivity contribution is 1.22. The molecule has 1 rings (SSSR count). The zero-order valence-electron chi connectivity index (χ0n) is 8.65. The summed E-state index contributed by atoms with van der Waals surface area (Å²) in [5.74, 6) is 0. The summed E-state index contributed by atoms with van der Waals surface area (Å²) in [7, 11) is 0. The van der Waals surface area contributed by atoms with E-state index in [1.807, 2.05) is 13.0 Å². The van der Waals surface area contributed by atoms with E-state index >= 15 is 0 Å². The van der Waals surface area contributed by atoms with Gasteiger partial charge in [0.1, 0.15) is 0 Å². The highest BCUT2D eigenvalue weighted by Crippen LogP contribution is 2.24. The standard InChI is InChI=1S/C12H17N/c1-5-8(2)11-6-10(4)12(13)7-9(11)3/h6-7H,2,5,13H2,1,3-4H3. The van der Waals surface area contributed by atoms with Gasteiger partial charge < -0.3 is 5.73 Å². The number of benzene rings is 1. The molecule has 0 spiro atoms. The van der Waals surface area contributed by atoms with E-state index < -0.39 is 0 Å². The molecule has 13 heavy (non-hydrogen) atoms. The largest absolute Gasteiger partial charge is 0.399 e. The molecule has 0 fully saturated rings. The normalized spacial score (nSPS) is 10.1. The summed E-state index contributed by atoms with van der Waals surface area (Å²) in [6.07, 6.45) is 0.990. The van der Waals surface area contributed by atoms with Crippen molar-refractivity contribution in [2.75, 3.05) is 5.73 Å². The van der Waals surface area contributed by atoms with Crippen molar-refractivity contribution in [1.29, 1.82) is 0 Å². The van der Waals surface area contributed by atoms with E-state index in [1.165, 1.54) is 16.7 Å². The van der Waals surface area contributed by atoms with E-state index in [1.54, 1.807) is 0 Å². The molecule has 0 bridgehead atoms. The first-order chi connectivity index (χ1) is 6.06. The van der Waals surface area contributed by atoms with Crippen molar-refractivity contribution in [2.45, 2.75) is 27.2 Å². The Labute approximate surface area is 80.3 Å². The van der Waals surface area contributed by atoms with E-state index in [2.05, 4.69) is 26.5 Å². The second-order valence-corrected chi connectivity index (χ2v) is 3.48. The quantitative estimate of drug-likeness (QED) is 0.686. The lowest BCUT2D eigenvalue weighted by Gasteiger charge is -2.10. The van der Waals surface area contributed by atoms with Crippen molar-refractivity contribution in [3.05, 3.63) is 35.4 Å². The van der Waals surface area contributed by atoms with Gasteiger partial charge in [-0.1, -0.05) is 13.5 Å². The zero-order chi connectivity index (χ0) is 10.0. The summed E-state index contributed by atoms with van der Waals surface area (Å²) in [6.45, 7) is 10.3. The lowest BCUT2D eigenvalue weighted by Crippen LogP contribution is -1.94. The van der Waals surface area contributed by atoms with Crippen molar-refractivity contribution < 1.29 is 0 Å². The predicted octanol–water partition coefficient (Wildman–Crippen LogP) is 3.31. The van der Waals surface area contributed by atoms with E-state index in [-0.39, 0.29) is 0 Å². The molecule has 1 nitrogen and oxygen atoms in total. The first-order valence-electron chi connectivity index (χ1n) is 4.61. The maximum atomic E-state index is 5.80. The maximum Gasteiger partial charge on any atom is 0.0346 e. The van der Waals surface area contributed by atoms with Gasteiger partial charge in [-0.25, -0.2) is 0 Å². The molecule has 0 heterocycles. The molecule has 1 aromatic carbocycles. The highest BCUT2D eigenvalue weighted by molar-refractivity contribution is 5.69. The highest BCUT2D eigenvalue weighted by Gasteiger charge is 2.03. The number of anilines is 1. The Morgan fingerprint density at radius 3 is 2.46 bits per heavy atom. The van der Waals surface area contributed by atoms with Crippen LogP contribution < -0.4 is 5.73 Å². The van der Waals surface area contributed by atoms with Crippen LogP contribution in [0.3, 0.4) is 0 Å². The van der Waals surface area contributed by atoms with Crippen molar-refractivity contribution in [2.24, 2.45) is 0 Å². The molecule has 0 unspecified atom stereocenters. The number of nitrogen functional groups attached to an aromatic ring is 1. The minimum absolute atomic E-state index is 0.866. The van der Waals surface area contributed by atoms with E-state index in [9.17, 15) is 0 Å². The predicted molar refractivity (Wildman–Crippen MR) is 59.7 cm³/mol. The molecule has 1 aromatic rings. The van der Waals surface area contributed by atoms with Gasteiger partial charge in [-0.05, 0) is 54.7 Å². The van der Waals surface area contributed by atoms with Crippen molar-refractivity contribution in [3.8, 4) is 0 Å². The molecule has 0 aliphatic heterocycles. The van der Waals surface area contributed by atoms with Crippen LogP contribution in [0.2, 0.25) is 0 Å². The summed E-state index contributed by atoms with van der Waals surface area (Å²) >= 11 is 0. The molecule has 0 saturated carbocycles. The average molecular weight is 175 g/mol. The van der Waals surface area contributed by atoms with Gasteiger partial charge in [0.2, 0.25) is 0 Å². The first-order valence-corrected chi connectivity index (χ1v) is 4.61. The highest BCUT2D eigenvalue weighted by atomic mass is 14.6. The van der Waals surface area contributed by atoms with Gasteiger partial charge in [-0.2, -0.15) is 0 Å². The SMILES string of the molecule is C=C(CC)c1cc(C)c(N)cc1C. The van der Waals surface area contributed by atoms with E-state index in [0.29, 0.717) is 0 Å². The van der Waals surface area contributed by atoms with Crippen LogP contribution in [0.5, 0.6) is 0 Å². The fourth-order valence-electron chi connectivity index (χ4n) is 1.41. The third-order valence-electron chi connectivity index (χ3n) is 2.42. The number of rotatable bonds is 2. The number of hydrogen-bond donors (Lipinski definition) is 1. The van der Waals surface area contributed by atoms with Gasteiger partial charge in [-0.15, -0.1) is 0 Å². The van der Waals surface area contributed by atoms with Crippen LogP contribution in [0.4, 0.5) is 5.69 Å². The Kier molecular flexibility index (Phi) is 2.76. The summed E-state index contributed by atoms with van der Waals surface area (Å²) in [4.78, 5) is 0. The van der Waals surface area contributed by atoms with Crippen LogP contribution >= 0.6 is 0 Å². The molecule has 70 valence electrons. The van der Waals surface area contributed by atoms with Gasteiger partial charge in [0, 0.05) is 5.69 Å². The maximum absolute atomic E-state index is 5.80. The lowest BCUT2D eigenvalue weighted by atomic mass is 9.97. The van der Waals surface area contributed by atoms with Crippen LogP contribution in [-0.4, -0.2) is 0 Å². The van der Waals surface area contributed by atoms with Crippen LogP contribution in [-0.2, 0) is 0 Å². The monoisotopic (exact) mass is 175 g/mol. The van der Waals surface area contributed by atoms with E-state index in [4.69, 9.17) is 5.73 Å². The Morgan fingerprint density at radius 1 is 1.31 bits per heavy atom. The van der Waals surface area contributed by atoms with E-state index in [0.717, 1.165) is 17.7 Å². The van der Waals surface area contributed by atoms with Gasteiger partial charge in [-0.3, -0.25) is 0 Å². The second-order valence-electron chi connectivity index (χ2n) is 3.48. The summed E-state index contributed by atoms with van der Waals surface area (Å²) in [5.41, 5.74) is 11.4. The minimum atomic E-state index is 0.866.